The average Bonchev–Trinajstić information content (AvgIpc) is 2.81. The Morgan fingerprint density at radius 3 is 2.53 bits per heavy atom. The third kappa shape index (κ3) is 3.36. The maximum Gasteiger partial charge on any atom is 0.298 e. The highest BCUT2D eigenvalue weighted by atomic mass is 16.5. The van der Waals surface area contributed by atoms with E-state index >= 15 is 0 Å². The summed E-state index contributed by atoms with van der Waals surface area (Å²) in [7, 11) is 3.34. The fraction of sp³-hybridized carbons (Fsp3) is 0.462. The average molecular weight is 265 g/mol. The third-order valence-electron chi connectivity index (χ3n) is 2.80. The van der Waals surface area contributed by atoms with Crippen LogP contribution in [0.2, 0.25) is 0 Å². The smallest absolute Gasteiger partial charge is 0.298 e. The van der Waals surface area contributed by atoms with Gasteiger partial charge in [-0.05, 0) is 12.1 Å². The summed E-state index contributed by atoms with van der Waals surface area (Å²) in [6.07, 6.45) is 0. The van der Waals surface area contributed by atoms with Crippen molar-refractivity contribution in [3.05, 3.63) is 18.2 Å². The Kier molecular flexibility index (Phi) is 4.59. The van der Waals surface area contributed by atoms with E-state index in [2.05, 4.69) is 4.98 Å². The van der Waals surface area contributed by atoms with Crippen LogP contribution in [0.15, 0.2) is 22.6 Å². The summed E-state index contributed by atoms with van der Waals surface area (Å²) < 4.78 is 15.9. The van der Waals surface area contributed by atoms with Crippen molar-refractivity contribution in [2.75, 3.05) is 51.2 Å². The molecule has 1 heterocycles. The minimum Gasteiger partial charge on any atom is -0.423 e. The molecule has 0 saturated heterocycles. The molecule has 1 aromatic carbocycles. The summed E-state index contributed by atoms with van der Waals surface area (Å²) in [6, 6.07) is 6.00. The Morgan fingerprint density at radius 1 is 1.21 bits per heavy atom. The van der Waals surface area contributed by atoms with Crippen LogP contribution in [-0.2, 0) is 9.47 Å². The number of aromatic nitrogens is 1. The largest absolute Gasteiger partial charge is 0.423 e. The number of hydrogen-bond acceptors (Lipinski definition) is 6. The van der Waals surface area contributed by atoms with Crippen LogP contribution in [-0.4, -0.2) is 45.5 Å². The van der Waals surface area contributed by atoms with Crippen molar-refractivity contribution >= 4 is 22.8 Å². The van der Waals surface area contributed by atoms with Crippen molar-refractivity contribution in [2.45, 2.75) is 0 Å². The van der Waals surface area contributed by atoms with Gasteiger partial charge in [-0.25, -0.2) is 0 Å². The molecular formula is C13H19N3O3. The Hall–Kier alpha value is -1.79. The molecule has 2 N–H and O–H groups in total. The Balaban J connectivity index is 2.21. The van der Waals surface area contributed by atoms with Gasteiger partial charge in [0.15, 0.2) is 5.58 Å². The highest BCUT2D eigenvalue weighted by Crippen LogP contribution is 2.23. The molecule has 1 aromatic heterocycles. The molecule has 2 aromatic rings. The zero-order valence-electron chi connectivity index (χ0n) is 11.3. The van der Waals surface area contributed by atoms with Crippen molar-refractivity contribution < 1.29 is 13.9 Å². The molecule has 0 unspecified atom stereocenters. The molecule has 0 radical (unpaired) electrons. The maximum absolute atomic E-state index is 5.73. The lowest BCUT2D eigenvalue weighted by Crippen LogP contribution is -2.30. The van der Waals surface area contributed by atoms with Gasteiger partial charge in [-0.1, -0.05) is 0 Å². The summed E-state index contributed by atoms with van der Waals surface area (Å²) in [5.74, 6) is 0. The summed E-state index contributed by atoms with van der Waals surface area (Å²) in [6.45, 7) is 2.60. The van der Waals surface area contributed by atoms with Gasteiger partial charge in [-0.2, -0.15) is 4.98 Å². The standard InChI is InChI=1S/C13H19N3O3/c1-17-7-5-16(6-8-18-2)13-15-11-4-3-10(14)9-12(11)19-13/h3-4,9H,5-8,14H2,1-2H3. The zero-order chi connectivity index (χ0) is 13.7. The van der Waals surface area contributed by atoms with Crippen molar-refractivity contribution in [3.8, 4) is 0 Å². The topological polar surface area (TPSA) is 73.8 Å². The highest BCUT2D eigenvalue weighted by molar-refractivity contribution is 5.78. The minimum absolute atomic E-state index is 0.565. The first kappa shape index (κ1) is 13.6. The van der Waals surface area contributed by atoms with E-state index in [4.69, 9.17) is 19.6 Å². The lowest BCUT2D eigenvalue weighted by molar-refractivity contribution is 0.188. The lowest BCUT2D eigenvalue weighted by Gasteiger charge is -2.19. The number of nitrogens with zero attached hydrogens (tertiary/aromatic N) is 2. The first-order chi connectivity index (χ1) is 9.24. The molecule has 6 heteroatoms. The number of oxazole rings is 1. The Morgan fingerprint density at radius 2 is 1.89 bits per heavy atom. The molecule has 0 fully saturated rings. The summed E-state index contributed by atoms with van der Waals surface area (Å²) in [5.41, 5.74) is 7.88. The van der Waals surface area contributed by atoms with Gasteiger partial charge in [0.25, 0.3) is 6.01 Å². The van der Waals surface area contributed by atoms with Crippen LogP contribution < -0.4 is 10.6 Å². The molecule has 0 spiro atoms. The van der Waals surface area contributed by atoms with Crippen LogP contribution in [0.25, 0.3) is 11.1 Å². The molecule has 6 nitrogen and oxygen atoms in total. The number of nitrogens with two attached hydrogens (primary N) is 1. The van der Waals surface area contributed by atoms with Crippen LogP contribution in [0, 0.1) is 0 Å². The van der Waals surface area contributed by atoms with Gasteiger partial charge >= 0.3 is 0 Å². The van der Waals surface area contributed by atoms with Crippen LogP contribution in [0.5, 0.6) is 0 Å². The maximum atomic E-state index is 5.73. The SMILES string of the molecule is COCCN(CCOC)c1nc2ccc(N)cc2o1. The summed E-state index contributed by atoms with van der Waals surface area (Å²) >= 11 is 0. The second-order valence-corrected chi connectivity index (χ2v) is 4.20. The molecule has 0 saturated carbocycles. The molecule has 2 rings (SSSR count). The number of rotatable bonds is 7. The first-order valence-electron chi connectivity index (χ1n) is 6.13. The van der Waals surface area contributed by atoms with Crippen molar-refractivity contribution in [2.24, 2.45) is 0 Å². The quantitative estimate of drug-likeness (QED) is 0.765. The predicted molar refractivity (Wildman–Crippen MR) is 74.4 cm³/mol. The number of nitrogen functional groups attached to an aromatic ring is 1. The summed E-state index contributed by atoms with van der Waals surface area (Å²) in [4.78, 5) is 6.44. The van der Waals surface area contributed by atoms with E-state index in [1.807, 2.05) is 17.0 Å². The van der Waals surface area contributed by atoms with Gasteiger partial charge in [0.1, 0.15) is 5.52 Å². The second-order valence-electron chi connectivity index (χ2n) is 4.20. The van der Waals surface area contributed by atoms with Crippen molar-refractivity contribution in [1.82, 2.24) is 4.98 Å². The molecule has 19 heavy (non-hydrogen) atoms. The zero-order valence-corrected chi connectivity index (χ0v) is 11.3. The normalized spacial score (nSPS) is 11.1. The van der Waals surface area contributed by atoms with Crippen LogP contribution in [0.3, 0.4) is 0 Å². The molecule has 0 aliphatic rings. The van der Waals surface area contributed by atoms with E-state index in [9.17, 15) is 0 Å². The number of methoxy groups -OCH3 is 2. The third-order valence-corrected chi connectivity index (χ3v) is 2.80. The number of hydrogen-bond donors (Lipinski definition) is 1. The Labute approximate surface area is 112 Å². The fourth-order valence-corrected chi connectivity index (χ4v) is 1.77. The predicted octanol–water partition coefficient (Wildman–Crippen LogP) is 1.51. The van der Waals surface area contributed by atoms with Gasteiger partial charge in [0, 0.05) is 39.1 Å². The monoisotopic (exact) mass is 265 g/mol. The minimum atomic E-state index is 0.565. The van der Waals surface area contributed by atoms with E-state index in [1.165, 1.54) is 0 Å². The van der Waals surface area contributed by atoms with Crippen molar-refractivity contribution in [1.29, 1.82) is 0 Å². The molecule has 0 amide bonds. The van der Waals surface area contributed by atoms with Gasteiger partial charge in [0.05, 0.1) is 13.2 Å². The second kappa shape index (κ2) is 6.40. The van der Waals surface area contributed by atoms with E-state index in [-0.39, 0.29) is 0 Å². The van der Waals surface area contributed by atoms with Gasteiger partial charge in [-0.3, -0.25) is 0 Å². The fourth-order valence-electron chi connectivity index (χ4n) is 1.77. The molecule has 0 aliphatic carbocycles. The van der Waals surface area contributed by atoms with E-state index < -0.39 is 0 Å². The number of benzene rings is 1. The molecule has 0 aliphatic heterocycles. The van der Waals surface area contributed by atoms with Crippen molar-refractivity contribution in [3.63, 3.8) is 0 Å². The Bertz CT molecular complexity index is 519. The van der Waals surface area contributed by atoms with E-state index in [0.29, 0.717) is 43.6 Å². The van der Waals surface area contributed by atoms with Crippen LogP contribution >= 0.6 is 0 Å². The van der Waals surface area contributed by atoms with E-state index in [0.717, 1.165) is 5.52 Å². The first-order valence-corrected chi connectivity index (χ1v) is 6.13. The summed E-state index contributed by atoms with van der Waals surface area (Å²) in [5, 5.41) is 0. The molecule has 0 bridgehead atoms. The molecule has 0 atom stereocenters. The van der Waals surface area contributed by atoms with Gasteiger partial charge < -0.3 is 24.5 Å². The van der Waals surface area contributed by atoms with E-state index in [1.54, 1.807) is 20.3 Å². The molecular weight excluding hydrogens is 246 g/mol. The van der Waals surface area contributed by atoms with Gasteiger partial charge in [-0.15, -0.1) is 0 Å². The number of anilines is 2. The highest BCUT2D eigenvalue weighted by Gasteiger charge is 2.13. The number of fused-ring (bicyclic) bond motifs is 1. The number of ether oxygens (including phenoxy) is 2. The lowest BCUT2D eigenvalue weighted by atomic mass is 10.3. The molecule has 104 valence electrons. The van der Waals surface area contributed by atoms with Crippen LogP contribution in [0.4, 0.5) is 11.7 Å². The van der Waals surface area contributed by atoms with Crippen LogP contribution in [0.1, 0.15) is 0 Å². The van der Waals surface area contributed by atoms with Gasteiger partial charge in [0.2, 0.25) is 0 Å².